The lowest BCUT2D eigenvalue weighted by molar-refractivity contribution is 0.302. The van der Waals surface area contributed by atoms with Gasteiger partial charge in [0.1, 0.15) is 12.4 Å². The molecule has 0 atom stereocenters. The summed E-state index contributed by atoms with van der Waals surface area (Å²) in [5, 5.41) is 1.19. The first-order valence-corrected chi connectivity index (χ1v) is 6.97. The van der Waals surface area contributed by atoms with Gasteiger partial charge in [-0.05, 0) is 52.7 Å². The first-order chi connectivity index (χ1) is 9.22. The average molecular weight is 316 g/mol. The third kappa shape index (κ3) is 2.66. The minimum atomic E-state index is 0.546. The monoisotopic (exact) mass is 315 g/mol. The van der Waals surface area contributed by atoms with E-state index in [-0.39, 0.29) is 0 Å². The van der Waals surface area contributed by atoms with E-state index in [2.05, 4.69) is 46.0 Å². The first-order valence-electron chi connectivity index (χ1n) is 6.18. The molecule has 19 heavy (non-hydrogen) atoms. The van der Waals surface area contributed by atoms with Gasteiger partial charge >= 0.3 is 0 Å². The molecule has 0 aliphatic heterocycles. The Hall–Kier alpha value is -1.74. The Balaban J connectivity index is 1.80. The van der Waals surface area contributed by atoms with Crippen molar-refractivity contribution in [3.63, 3.8) is 0 Å². The summed E-state index contributed by atoms with van der Waals surface area (Å²) in [4.78, 5) is 3.38. The molecule has 3 heteroatoms. The van der Waals surface area contributed by atoms with Crippen molar-refractivity contribution in [2.24, 2.45) is 0 Å². The normalized spacial score (nSPS) is 10.8. The molecule has 1 N–H and O–H groups in total. The second-order valence-corrected chi connectivity index (χ2v) is 5.46. The van der Waals surface area contributed by atoms with Crippen LogP contribution in [0.15, 0.2) is 53.0 Å². The van der Waals surface area contributed by atoms with E-state index in [1.165, 1.54) is 10.9 Å². The minimum Gasteiger partial charge on any atom is -0.487 e. The number of aryl methyl sites for hydroxylation is 1. The van der Waals surface area contributed by atoms with Crippen LogP contribution in [-0.2, 0) is 6.61 Å². The zero-order chi connectivity index (χ0) is 13.2. The van der Waals surface area contributed by atoms with Gasteiger partial charge in [-0.2, -0.15) is 0 Å². The molecule has 0 bridgehead atoms. The number of ether oxygens (including phenoxy) is 1. The summed E-state index contributed by atoms with van der Waals surface area (Å²) < 4.78 is 6.87. The van der Waals surface area contributed by atoms with E-state index < -0.39 is 0 Å². The number of para-hydroxylation sites is 1. The lowest BCUT2D eigenvalue weighted by atomic mass is 10.2. The van der Waals surface area contributed by atoms with Gasteiger partial charge in [-0.15, -0.1) is 0 Å². The summed E-state index contributed by atoms with van der Waals surface area (Å²) in [5.74, 6) is 0.901. The highest BCUT2D eigenvalue weighted by Gasteiger charge is 2.04. The molecule has 1 aromatic heterocycles. The highest BCUT2D eigenvalue weighted by atomic mass is 79.9. The van der Waals surface area contributed by atoms with E-state index in [0.717, 1.165) is 21.4 Å². The highest BCUT2D eigenvalue weighted by Crippen LogP contribution is 2.24. The highest BCUT2D eigenvalue weighted by molar-refractivity contribution is 9.10. The number of hydrogen-bond donors (Lipinski definition) is 1. The average Bonchev–Trinajstić information content (AvgIpc) is 2.81. The Morgan fingerprint density at radius 3 is 2.74 bits per heavy atom. The quantitative estimate of drug-likeness (QED) is 0.736. The zero-order valence-corrected chi connectivity index (χ0v) is 12.2. The number of aromatic nitrogens is 1. The molecular weight excluding hydrogens is 302 g/mol. The molecule has 0 unspecified atom stereocenters. The van der Waals surface area contributed by atoms with Crippen molar-refractivity contribution in [1.82, 2.24) is 4.98 Å². The molecule has 0 spiro atoms. The standard InChI is InChI=1S/C16H14BrNO/c1-11-4-2-6-14(8-11)19-10-13-9-12-5-3-7-15(17)16(12)18-13/h2-9,18H,10H2,1H3. The molecule has 0 aliphatic carbocycles. The number of aromatic amines is 1. The Morgan fingerprint density at radius 1 is 1.11 bits per heavy atom. The van der Waals surface area contributed by atoms with E-state index in [4.69, 9.17) is 4.74 Å². The van der Waals surface area contributed by atoms with E-state index in [1.54, 1.807) is 0 Å². The molecule has 0 saturated carbocycles. The fourth-order valence-electron chi connectivity index (χ4n) is 2.12. The third-order valence-electron chi connectivity index (χ3n) is 3.05. The molecule has 0 saturated heterocycles. The number of benzene rings is 2. The summed E-state index contributed by atoms with van der Waals surface area (Å²) in [6, 6.07) is 16.4. The van der Waals surface area contributed by atoms with Crippen molar-refractivity contribution in [3.8, 4) is 5.75 Å². The SMILES string of the molecule is Cc1cccc(OCc2cc3cccc(Br)c3[nH]2)c1. The molecule has 0 fully saturated rings. The van der Waals surface area contributed by atoms with Gasteiger partial charge in [-0.25, -0.2) is 0 Å². The summed E-state index contributed by atoms with van der Waals surface area (Å²) in [7, 11) is 0. The molecule has 2 aromatic carbocycles. The van der Waals surface area contributed by atoms with Crippen molar-refractivity contribution >= 4 is 26.8 Å². The molecule has 96 valence electrons. The summed E-state index contributed by atoms with van der Waals surface area (Å²) >= 11 is 3.54. The Morgan fingerprint density at radius 2 is 1.95 bits per heavy atom. The summed E-state index contributed by atoms with van der Waals surface area (Å²) in [5.41, 5.74) is 3.39. The van der Waals surface area contributed by atoms with Crippen molar-refractivity contribution in [3.05, 3.63) is 64.3 Å². The maximum Gasteiger partial charge on any atom is 0.128 e. The molecule has 0 aliphatic rings. The summed E-state index contributed by atoms with van der Waals surface area (Å²) in [6.07, 6.45) is 0. The van der Waals surface area contributed by atoms with Crippen LogP contribution in [0.5, 0.6) is 5.75 Å². The smallest absolute Gasteiger partial charge is 0.128 e. The maximum absolute atomic E-state index is 5.80. The number of hydrogen-bond acceptors (Lipinski definition) is 1. The van der Waals surface area contributed by atoms with Crippen LogP contribution >= 0.6 is 15.9 Å². The van der Waals surface area contributed by atoms with Crippen molar-refractivity contribution in [2.45, 2.75) is 13.5 Å². The van der Waals surface area contributed by atoms with Crippen LogP contribution in [0, 0.1) is 6.92 Å². The molecule has 3 aromatic rings. The van der Waals surface area contributed by atoms with E-state index >= 15 is 0 Å². The van der Waals surface area contributed by atoms with Crippen LogP contribution < -0.4 is 4.74 Å². The van der Waals surface area contributed by atoms with Gasteiger partial charge in [0.25, 0.3) is 0 Å². The molecule has 3 rings (SSSR count). The Bertz CT molecular complexity index is 718. The minimum absolute atomic E-state index is 0.546. The number of H-pyrrole nitrogens is 1. The van der Waals surface area contributed by atoms with E-state index in [9.17, 15) is 0 Å². The van der Waals surface area contributed by atoms with Gasteiger partial charge in [0.05, 0.1) is 11.2 Å². The van der Waals surface area contributed by atoms with E-state index in [1.807, 2.05) is 30.3 Å². The fourth-order valence-corrected chi connectivity index (χ4v) is 2.60. The van der Waals surface area contributed by atoms with Crippen LogP contribution in [0.25, 0.3) is 10.9 Å². The van der Waals surface area contributed by atoms with Crippen molar-refractivity contribution < 1.29 is 4.74 Å². The second-order valence-electron chi connectivity index (χ2n) is 4.60. The molecule has 2 nitrogen and oxygen atoms in total. The fraction of sp³-hybridized carbons (Fsp3) is 0.125. The van der Waals surface area contributed by atoms with Gasteiger partial charge < -0.3 is 9.72 Å². The first kappa shape index (κ1) is 12.3. The zero-order valence-electron chi connectivity index (χ0n) is 10.6. The molecular formula is C16H14BrNO. The number of rotatable bonds is 3. The Labute approximate surface area is 120 Å². The number of nitrogens with one attached hydrogen (secondary N) is 1. The topological polar surface area (TPSA) is 25.0 Å². The van der Waals surface area contributed by atoms with Gasteiger partial charge in [0.2, 0.25) is 0 Å². The van der Waals surface area contributed by atoms with Crippen LogP contribution in [0.4, 0.5) is 0 Å². The van der Waals surface area contributed by atoms with Crippen LogP contribution in [-0.4, -0.2) is 4.98 Å². The predicted octanol–water partition coefficient (Wildman–Crippen LogP) is 4.82. The van der Waals surface area contributed by atoms with Crippen LogP contribution in [0.3, 0.4) is 0 Å². The predicted molar refractivity (Wildman–Crippen MR) is 81.5 cm³/mol. The van der Waals surface area contributed by atoms with Gasteiger partial charge in [-0.1, -0.05) is 24.3 Å². The number of fused-ring (bicyclic) bond motifs is 1. The molecule has 1 heterocycles. The largest absolute Gasteiger partial charge is 0.487 e. The van der Waals surface area contributed by atoms with Gasteiger partial charge in [0.15, 0.2) is 0 Å². The lowest BCUT2D eigenvalue weighted by Crippen LogP contribution is -1.95. The Kier molecular flexibility index (Phi) is 3.30. The molecule has 0 amide bonds. The lowest BCUT2D eigenvalue weighted by Gasteiger charge is -2.05. The van der Waals surface area contributed by atoms with E-state index in [0.29, 0.717) is 6.61 Å². The summed E-state index contributed by atoms with van der Waals surface area (Å²) in [6.45, 7) is 2.61. The van der Waals surface area contributed by atoms with Crippen molar-refractivity contribution in [2.75, 3.05) is 0 Å². The van der Waals surface area contributed by atoms with Crippen molar-refractivity contribution in [1.29, 1.82) is 0 Å². The second kappa shape index (κ2) is 5.10. The third-order valence-corrected chi connectivity index (χ3v) is 3.71. The van der Waals surface area contributed by atoms with Crippen LogP contribution in [0.1, 0.15) is 11.3 Å². The maximum atomic E-state index is 5.80. The molecule has 0 radical (unpaired) electrons. The van der Waals surface area contributed by atoms with Gasteiger partial charge in [0, 0.05) is 9.86 Å². The van der Waals surface area contributed by atoms with Gasteiger partial charge in [-0.3, -0.25) is 0 Å². The van der Waals surface area contributed by atoms with Crippen LogP contribution in [0.2, 0.25) is 0 Å². The number of halogens is 1.